The second-order valence-electron chi connectivity index (χ2n) is 5.12. The van der Waals surface area contributed by atoms with E-state index >= 15 is 0 Å². The second kappa shape index (κ2) is 7.19. The van der Waals surface area contributed by atoms with Gasteiger partial charge in [-0.15, -0.1) is 0 Å². The van der Waals surface area contributed by atoms with Gasteiger partial charge in [-0.25, -0.2) is 4.98 Å². The molecule has 0 atom stereocenters. The monoisotopic (exact) mass is 403 g/mol. The summed E-state index contributed by atoms with van der Waals surface area (Å²) < 4.78 is 2.37. The van der Waals surface area contributed by atoms with Gasteiger partial charge in [-0.1, -0.05) is 45.9 Å². The highest BCUT2D eigenvalue weighted by Gasteiger charge is 2.11. The van der Waals surface area contributed by atoms with Crippen LogP contribution in [0, 0.1) is 0 Å². The summed E-state index contributed by atoms with van der Waals surface area (Å²) in [5, 5.41) is 3.91. The van der Waals surface area contributed by atoms with Gasteiger partial charge in [-0.2, -0.15) is 0 Å². The van der Waals surface area contributed by atoms with E-state index in [1.165, 1.54) is 16.3 Å². The Morgan fingerprint density at radius 1 is 1.25 bits per heavy atom. The van der Waals surface area contributed by atoms with E-state index in [2.05, 4.69) is 26.2 Å². The van der Waals surface area contributed by atoms with Crippen LogP contribution in [0.3, 0.4) is 0 Å². The van der Waals surface area contributed by atoms with Crippen molar-refractivity contribution in [1.29, 1.82) is 0 Å². The summed E-state index contributed by atoms with van der Waals surface area (Å²) in [6.45, 7) is 0. The molecule has 0 aliphatic carbocycles. The Morgan fingerprint density at radius 2 is 2.04 bits per heavy atom. The van der Waals surface area contributed by atoms with Gasteiger partial charge >= 0.3 is 0 Å². The third-order valence-corrected chi connectivity index (χ3v) is 4.91. The van der Waals surface area contributed by atoms with Gasteiger partial charge in [0.2, 0.25) is 5.91 Å². The van der Waals surface area contributed by atoms with E-state index in [1.54, 1.807) is 19.2 Å². The van der Waals surface area contributed by atoms with Crippen molar-refractivity contribution in [2.75, 3.05) is 11.1 Å². The van der Waals surface area contributed by atoms with E-state index in [0.29, 0.717) is 16.1 Å². The molecule has 1 aromatic heterocycles. The van der Waals surface area contributed by atoms with Gasteiger partial charge in [0.1, 0.15) is 0 Å². The first-order valence-corrected chi connectivity index (χ1v) is 8.96. The minimum atomic E-state index is -0.152. The molecule has 1 N–H and O–H groups in total. The van der Waals surface area contributed by atoms with Crippen molar-refractivity contribution in [1.82, 2.24) is 9.55 Å². The number of amides is 1. The Labute approximate surface area is 151 Å². The molecular weight excluding hydrogens is 390 g/mol. The van der Waals surface area contributed by atoms with Crippen LogP contribution in [0.25, 0.3) is 10.9 Å². The molecule has 24 heavy (non-hydrogen) atoms. The van der Waals surface area contributed by atoms with E-state index in [1.807, 2.05) is 36.4 Å². The average molecular weight is 404 g/mol. The van der Waals surface area contributed by atoms with Gasteiger partial charge < -0.3 is 5.32 Å². The van der Waals surface area contributed by atoms with Crippen molar-refractivity contribution in [3.05, 3.63) is 63.4 Å². The lowest BCUT2D eigenvalue weighted by Gasteiger charge is -2.09. The second-order valence-corrected chi connectivity index (χ2v) is 6.98. The van der Waals surface area contributed by atoms with Crippen molar-refractivity contribution in [3.8, 4) is 0 Å². The van der Waals surface area contributed by atoms with Gasteiger partial charge in [0.05, 0.1) is 16.7 Å². The fourth-order valence-electron chi connectivity index (χ4n) is 2.22. The van der Waals surface area contributed by atoms with Crippen LogP contribution in [-0.2, 0) is 11.8 Å². The predicted octanol–water partition coefficient (Wildman–Crippen LogP) is 3.43. The number of nitrogens with zero attached hydrogens (tertiary/aromatic N) is 2. The SMILES string of the molecule is Cn1c(SCC(=O)Nc2cccc(Br)c2)nc2ccccc2c1=O. The molecule has 3 aromatic rings. The van der Waals surface area contributed by atoms with Gasteiger partial charge in [0, 0.05) is 17.2 Å². The number of anilines is 1. The molecule has 0 radical (unpaired) electrons. The van der Waals surface area contributed by atoms with Crippen LogP contribution in [0.4, 0.5) is 5.69 Å². The number of fused-ring (bicyclic) bond motifs is 1. The highest BCUT2D eigenvalue weighted by molar-refractivity contribution is 9.10. The number of halogens is 1. The van der Waals surface area contributed by atoms with E-state index in [4.69, 9.17) is 0 Å². The summed E-state index contributed by atoms with van der Waals surface area (Å²) in [5.74, 6) is 0.0195. The van der Waals surface area contributed by atoms with Crippen molar-refractivity contribution < 1.29 is 4.79 Å². The Kier molecular flexibility index (Phi) is 5.01. The molecule has 0 aliphatic heterocycles. The minimum Gasteiger partial charge on any atom is -0.325 e. The predicted molar refractivity (Wildman–Crippen MR) is 100 cm³/mol. The number of thioether (sulfide) groups is 1. The van der Waals surface area contributed by atoms with E-state index < -0.39 is 0 Å². The van der Waals surface area contributed by atoms with Crippen molar-refractivity contribution in [2.24, 2.45) is 7.05 Å². The van der Waals surface area contributed by atoms with Gasteiger partial charge in [-0.3, -0.25) is 14.2 Å². The van der Waals surface area contributed by atoms with Crippen molar-refractivity contribution in [2.45, 2.75) is 5.16 Å². The van der Waals surface area contributed by atoms with E-state index in [0.717, 1.165) is 10.2 Å². The number of rotatable bonds is 4. The molecule has 0 saturated carbocycles. The lowest BCUT2D eigenvalue weighted by molar-refractivity contribution is -0.113. The maximum atomic E-state index is 12.3. The number of para-hydroxylation sites is 1. The van der Waals surface area contributed by atoms with E-state index in [-0.39, 0.29) is 17.2 Å². The molecule has 2 aromatic carbocycles. The van der Waals surface area contributed by atoms with Crippen molar-refractivity contribution >= 4 is 50.2 Å². The summed E-state index contributed by atoms with van der Waals surface area (Å²) in [6, 6.07) is 14.6. The number of benzene rings is 2. The Bertz CT molecular complexity index is 971. The topological polar surface area (TPSA) is 64.0 Å². The zero-order valence-electron chi connectivity index (χ0n) is 12.8. The summed E-state index contributed by atoms with van der Waals surface area (Å²) in [6.07, 6.45) is 0. The fourth-order valence-corrected chi connectivity index (χ4v) is 3.39. The number of nitrogens with one attached hydrogen (secondary N) is 1. The van der Waals surface area contributed by atoms with Gasteiger partial charge in [0.25, 0.3) is 5.56 Å². The molecule has 0 aliphatic rings. The first-order valence-electron chi connectivity index (χ1n) is 7.18. The molecule has 0 fully saturated rings. The number of aromatic nitrogens is 2. The molecule has 5 nitrogen and oxygen atoms in total. The molecule has 0 spiro atoms. The van der Waals surface area contributed by atoms with Crippen LogP contribution in [0.15, 0.2) is 63.0 Å². The van der Waals surface area contributed by atoms with Crippen LogP contribution in [0.5, 0.6) is 0 Å². The van der Waals surface area contributed by atoms with Crippen molar-refractivity contribution in [3.63, 3.8) is 0 Å². The molecule has 1 amide bonds. The molecule has 1 heterocycles. The highest BCUT2D eigenvalue weighted by atomic mass is 79.9. The molecule has 0 bridgehead atoms. The standard InChI is InChI=1S/C17H14BrN3O2S/c1-21-16(23)13-7-2-3-8-14(13)20-17(21)24-10-15(22)19-12-6-4-5-11(18)9-12/h2-9H,10H2,1H3,(H,19,22). The largest absolute Gasteiger partial charge is 0.325 e. The first-order chi connectivity index (χ1) is 11.5. The maximum Gasteiger partial charge on any atom is 0.261 e. The third-order valence-electron chi connectivity index (χ3n) is 3.38. The Morgan fingerprint density at radius 3 is 2.83 bits per heavy atom. The van der Waals surface area contributed by atoms with Gasteiger partial charge in [0.15, 0.2) is 5.16 Å². The number of hydrogen-bond acceptors (Lipinski definition) is 4. The lowest BCUT2D eigenvalue weighted by atomic mass is 10.2. The molecule has 0 saturated heterocycles. The van der Waals surface area contributed by atoms with Crippen LogP contribution in [0.2, 0.25) is 0 Å². The minimum absolute atomic E-state index is 0.115. The Balaban J connectivity index is 1.75. The normalized spacial score (nSPS) is 10.8. The quantitative estimate of drug-likeness (QED) is 0.535. The summed E-state index contributed by atoms with van der Waals surface area (Å²) in [5.41, 5.74) is 1.24. The molecule has 122 valence electrons. The lowest BCUT2D eigenvalue weighted by Crippen LogP contribution is -2.21. The summed E-state index contributed by atoms with van der Waals surface area (Å²) in [7, 11) is 1.66. The van der Waals surface area contributed by atoms with Crippen LogP contribution >= 0.6 is 27.7 Å². The van der Waals surface area contributed by atoms with Crippen LogP contribution in [-0.4, -0.2) is 21.2 Å². The molecular formula is C17H14BrN3O2S. The first kappa shape index (κ1) is 16.7. The maximum absolute atomic E-state index is 12.3. The highest BCUT2D eigenvalue weighted by Crippen LogP contribution is 2.19. The van der Waals surface area contributed by atoms with Crippen LogP contribution in [0.1, 0.15) is 0 Å². The Hall–Kier alpha value is -2.12. The molecule has 7 heteroatoms. The summed E-state index contributed by atoms with van der Waals surface area (Å²) >= 11 is 4.60. The fraction of sp³-hybridized carbons (Fsp3) is 0.118. The smallest absolute Gasteiger partial charge is 0.261 e. The number of hydrogen-bond donors (Lipinski definition) is 1. The molecule has 3 rings (SSSR count). The molecule has 0 unspecified atom stereocenters. The zero-order chi connectivity index (χ0) is 17.1. The average Bonchev–Trinajstić information content (AvgIpc) is 2.57. The third kappa shape index (κ3) is 3.68. The van der Waals surface area contributed by atoms with Crippen LogP contribution < -0.4 is 10.9 Å². The van der Waals surface area contributed by atoms with E-state index in [9.17, 15) is 9.59 Å². The summed E-state index contributed by atoms with van der Waals surface area (Å²) in [4.78, 5) is 28.9. The number of carbonyl (C=O) groups excluding carboxylic acids is 1. The zero-order valence-corrected chi connectivity index (χ0v) is 15.2. The number of carbonyl (C=O) groups is 1. The van der Waals surface area contributed by atoms with Gasteiger partial charge in [-0.05, 0) is 30.3 Å².